The Kier molecular flexibility index (Phi) is 3.29. The second kappa shape index (κ2) is 5.24. The average Bonchev–Trinajstić information content (AvgIpc) is 2.60. The van der Waals surface area contributed by atoms with Crippen LogP contribution < -0.4 is 5.32 Å². The molecule has 1 N–H and O–H groups in total. The monoisotopic (exact) mass is 252 g/mol. The zero-order chi connectivity index (χ0) is 13.1. The first-order valence-corrected chi connectivity index (χ1v) is 6.45. The lowest BCUT2D eigenvalue weighted by molar-refractivity contribution is 0.0938. The summed E-state index contributed by atoms with van der Waals surface area (Å²) < 4.78 is 0. The van der Waals surface area contributed by atoms with Crippen molar-refractivity contribution < 1.29 is 4.79 Å². The highest BCUT2D eigenvalue weighted by molar-refractivity contribution is 6.02. The van der Waals surface area contributed by atoms with Gasteiger partial charge in [0.1, 0.15) is 0 Å². The van der Waals surface area contributed by atoms with Crippen LogP contribution in [0.15, 0.2) is 54.6 Å². The number of nitrogens with one attached hydrogen (secondary N) is 1. The molecular formula is C16H16N2O. The Morgan fingerprint density at radius 3 is 2.58 bits per heavy atom. The van der Waals surface area contributed by atoms with Gasteiger partial charge in [-0.15, -0.1) is 0 Å². The van der Waals surface area contributed by atoms with Gasteiger partial charge in [0.05, 0.1) is 13.2 Å². The van der Waals surface area contributed by atoms with Crippen LogP contribution in [0.3, 0.4) is 0 Å². The van der Waals surface area contributed by atoms with Crippen LogP contribution in [-0.4, -0.2) is 23.9 Å². The third kappa shape index (κ3) is 2.66. The summed E-state index contributed by atoms with van der Waals surface area (Å²) in [7, 11) is 0. The van der Waals surface area contributed by atoms with Gasteiger partial charge in [0.25, 0.3) is 0 Å². The molecule has 0 spiro atoms. The summed E-state index contributed by atoms with van der Waals surface area (Å²) in [6, 6.07) is 17.9. The maximum Gasteiger partial charge on any atom is 0.178 e. The summed E-state index contributed by atoms with van der Waals surface area (Å²) in [5.74, 6) is 0.177. The first kappa shape index (κ1) is 11.9. The average molecular weight is 252 g/mol. The third-order valence-corrected chi connectivity index (χ3v) is 3.34. The van der Waals surface area contributed by atoms with Gasteiger partial charge >= 0.3 is 0 Å². The van der Waals surface area contributed by atoms with E-state index in [4.69, 9.17) is 0 Å². The Balaban J connectivity index is 1.77. The van der Waals surface area contributed by atoms with Gasteiger partial charge in [-0.1, -0.05) is 42.5 Å². The Labute approximate surface area is 112 Å². The highest BCUT2D eigenvalue weighted by atomic mass is 16.1. The number of nitrogens with zero attached hydrogens (tertiary/aromatic N) is 1. The number of Topliss-reactive ketones (excluding diaryl/α,β-unsaturated/α-hetero) is 1. The number of fused-ring (bicyclic) bond motifs is 1. The van der Waals surface area contributed by atoms with E-state index in [0.717, 1.165) is 17.8 Å². The SMILES string of the molecule is O=C1CN(Cc2ccccc2)CNc2ccccc21. The predicted octanol–water partition coefficient (Wildman–Crippen LogP) is 2.75. The first-order chi connectivity index (χ1) is 9.33. The minimum Gasteiger partial charge on any atom is -0.372 e. The van der Waals surface area contributed by atoms with Crippen LogP contribution in [0.25, 0.3) is 0 Å². The summed E-state index contributed by atoms with van der Waals surface area (Å²) >= 11 is 0. The van der Waals surface area contributed by atoms with Crippen molar-refractivity contribution in [3.05, 3.63) is 65.7 Å². The summed E-state index contributed by atoms with van der Waals surface area (Å²) in [6.07, 6.45) is 0. The van der Waals surface area contributed by atoms with Crippen molar-refractivity contribution in [2.45, 2.75) is 6.54 Å². The van der Waals surface area contributed by atoms with Gasteiger partial charge in [-0.05, 0) is 17.7 Å². The lowest BCUT2D eigenvalue weighted by Crippen LogP contribution is -2.31. The Morgan fingerprint density at radius 1 is 1.00 bits per heavy atom. The smallest absolute Gasteiger partial charge is 0.178 e. The lowest BCUT2D eigenvalue weighted by Gasteiger charge is -2.19. The van der Waals surface area contributed by atoms with Crippen molar-refractivity contribution in [1.82, 2.24) is 4.90 Å². The lowest BCUT2D eigenvalue weighted by atomic mass is 10.1. The van der Waals surface area contributed by atoms with Crippen molar-refractivity contribution in [3.8, 4) is 0 Å². The third-order valence-electron chi connectivity index (χ3n) is 3.34. The van der Waals surface area contributed by atoms with Gasteiger partial charge in [0.2, 0.25) is 0 Å². The van der Waals surface area contributed by atoms with Crippen molar-refractivity contribution in [2.24, 2.45) is 0 Å². The standard InChI is InChI=1S/C16H16N2O/c19-16-11-18(10-13-6-2-1-3-7-13)12-17-15-9-5-4-8-14(15)16/h1-9,17H,10-12H2. The number of carbonyl (C=O) groups is 1. The van der Waals surface area contributed by atoms with E-state index < -0.39 is 0 Å². The van der Waals surface area contributed by atoms with Gasteiger partial charge in [0.15, 0.2) is 5.78 Å². The number of benzene rings is 2. The number of para-hydroxylation sites is 1. The molecule has 96 valence electrons. The van der Waals surface area contributed by atoms with Crippen LogP contribution in [-0.2, 0) is 6.54 Å². The fourth-order valence-corrected chi connectivity index (χ4v) is 2.37. The zero-order valence-corrected chi connectivity index (χ0v) is 10.7. The van der Waals surface area contributed by atoms with E-state index in [1.54, 1.807) is 0 Å². The van der Waals surface area contributed by atoms with Gasteiger partial charge in [-0.2, -0.15) is 0 Å². The molecule has 0 fully saturated rings. The van der Waals surface area contributed by atoms with E-state index in [-0.39, 0.29) is 5.78 Å². The van der Waals surface area contributed by atoms with E-state index in [9.17, 15) is 4.79 Å². The molecule has 2 aromatic carbocycles. The number of carbonyl (C=O) groups excluding carboxylic acids is 1. The molecule has 0 bridgehead atoms. The molecule has 1 aliphatic heterocycles. The number of hydrogen-bond donors (Lipinski definition) is 1. The molecule has 0 amide bonds. The van der Waals surface area contributed by atoms with Crippen LogP contribution >= 0.6 is 0 Å². The molecule has 0 saturated heterocycles. The predicted molar refractivity (Wildman–Crippen MR) is 76.1 cm³/mol. The maximum atomic E-state index is 12.2. The van der Waals surface area contributed by atoms with Gasteiger partial charge in [0, 0.05) is 17.8 Å². The first-order valence-electron chi connectivity index (χ1n) is 6.45. The summed E-state index contributed by atoms with van der Waals surface area (Å²) in [5.41, 5.74) is 2.95. The summed E-state index contributed by atoms with van der Waals surface area (Å²) in [6.45, 7) is 1.93. The Bertz CT molecular complexity index is 580. The normalized spacial score (nSPS) is 15.5. The summed E-state index contributed by atoms with van der Waals surface area (Å²) in [5, 5.41) is 3.33. The van der Waals surface area contributed by atoms with Crippen molar-refractivity contribution in [1.29, 1.82) is 0 Å². The van der Waals surface area contributed by atoms with Crippen molar-refractivity contribution in [3.63, 3.8) is 0 Å². The molecule has 3 nitrogen and oxygen atoms in total. The van der Waals surface area contributed by atoms with Gasteiger partial charge in [-0.25, -0.2) is 0 Å². The van der Waals surface area contributed by atoms with E-state index in [1.165, 1.54) is 5.56 Å². The molecule has 1 heterocycles. The van der Waals surface area contributed by atoms with Crippen LogP contribution in [0.5, 0.6) is 0 Å². The molecule has 0 aromatic heterocycles. The molecular weight excluding hydrogens is 236 g/mol. The molecule has 0 unspecified atom stereocenters. The maximum absolute atomic E-state index is 12.2. The minimum atomic E-state index is 0.177. The molecule has 3 rings (SSSR count). The highest BCUT2D eigenvalue weighted by Crippen LogP contribution is 2.19. The van der Waals surface area contributed by atoms with Crippen LogP contribution in [0.2, 0.25) is 0 Å². The number of ketones is 1. The quantitative estimate of drug-likeness (QED) is 0.892. The van der Waals surface area contributed by atoms with E-state index in [2.05, 4.69) is 22.3 Å². The van der Waals surface area contributed by atoms with Crippen molar-refractivity contribution in [2.75, 3.05) is 18.5 Å². The molecule has 1 aliphatic rings. The van der Waals surface area contributed by atoms with Crippen LogP contribution in [0.1, 0.15) is 15.9 Å². The number of rotatable bonds is 2. The molecule has 2 aromatic rings. The second-order valence-corrected chi connectivity index (χ2v) is 4.78. The van der Waals surface area contributed by atoms with Gasteiger partial charge in [-0.3, -0.25) is 9.69 Å². The Morgan fingerprint density at radius 2 is 1.74 bits per heavy atom. The topological polar surface area (TPSA) is 32.3 Å². The van der Waals surface area contributed by atoms with Crippen molar-refractivity contribution >= 4 is 11.5 Å². The van der Waals surface area contributed by atoms with Crippen LogP contribution in [0, 0.1) is 0 Å². The zero-order valence-electron chi connectivity index (χ0n) is 10.7. The van der Waals surface area contributed by atoms with E-state index >= 15 is 0 Å². The molecule has 0 saturated carbocycles. The molecule has 3 heteroatoms. The minimum absolute atomic E-state index is 0.177. The highest BCUT2D eigenvalue weighted by Gasteiger charge is 2.19. The fraction of sp³-hybridized carbons (Fsp3) is 0.188. The van der Waals surface area contributed by atoms with E-state index in [1.807, 2.05) is 42.5 Å². The fourth-order valence-electron chi connectivity index (χ4n) is 2.37. The second-order valence-electron chi connectivity index (χ2n) is 4.78. The van der Waals surface area contributed by atoms with Crippen LogP contribution in [0.4, 0.5) is 5.69 Å². The van der Waals surface area contributed by atoms with Gasteiger partial charge < -0.3 is 5.32 Å². The molecule has 0 aliphatic carbocycles. The Hall–Kier alpha value is -2.13. The summed E-state index contributed by atoms with van der Waals surface area (Å²) in [4.78, 5) is 14.3. The molecule has 0 radical (unpaired) electrons. The molecule has 19 heavy (non-hydrogen) atoms. The van der Waals surface area contributed by atoms with E-state index in [0.29, 0.717) is 13.2 Å². The molecule has 0 atom stereocenters. The largest absolute Gasteiger partial charge is 0.372 e. The number of hydrogen-bond acceptors (Lipinski definition) is 3. The number of anilines is 1.